The van der Waals surface area contributed by atoms with Crippen LogP contribution in [0.2, 0.25) is 0 Å². The molecule has 19 heavy (non-hydrogen) atoms. The van der Waals surface area contributed by atoms with E-state index in [1.165, 1.54) is 6.42 Å². The second-order valence-corrected chi connectivity index (χ2v) is 6.12. The van der Waals surface area contributed by atoms with Gasteiger partial charge >= 0.3 is 0 Å². The fourth-order valence-corrected chi connectivity index (χ4v) is 4.48. The molecule has 1 heteroatoms. The van der Waals surface area contributed by atoms with E-state index in [-0.39, 0.29) is 0 Å². The maximum absolute atomic E-state index is 3.97. The summed E-state index contributed by atoms with van der Waals surface area (Å²) in [5.74, 6) is 1.48. The first kappa shape index (κ1) is 12.7. The van der Waals surface area contributed by atoms with Crippen molar-refractivity contribution in [1.29, 1.82) is 0 Å². The zero-order chi connectivity index (χ0) is 13.4. The standard InChI is InChI=1S/C18H23N/c1-4-8-16-18-13(3)12-17(19(16)11-5-2)14-9-6-7-10-15(14)18/h4-7,9-10,13,16-18H,1-2,8,11-12H2,3H3/p+1/t13-,16-,17-,18+/m0/s1. The van der Waals surface area contributed by atoms with Gasteiger partial charge in [0.05, 0.1) is 12.6 Å². The Balaban J connectivity index is 2.08. The lowest BCUT2D eigenvalue weighted by atomic mass is 9.64. The summed E-state index contributed by atoms with van der Waals surface area (Å²) in [7, 11) is 0. The molecule has 2 heterocycles. The Morgan fingerprint density at radius 2 is 1.95 bits per heavy atom. The molecule has 2 aliphatic heterocycles. The number of piperidine rings is 1. The Morgan fingerprint density at radius 3 is 2.63 bits per heavy atom. The van der Waals surface area contributed by atoms with Crippen molar-refractivity contribution in [3.05, 3.63) is 60.7 Å². The molecule has 1 nitrogen and oxygen atoms in total. The van der Waals surface area contributed by atoms with E-state index in [1.807, 2.05) is 0 Å². The van der Waals surface area contributed by atoms with E-state index in [2.05, 4.69) is 56.5 Å². The Morgan fingerprint density at radius 1 is 1.21 bits per heavy atom. The van der Waals surface area contributed by atoms with Crippen molar-refractivity contribution in [3.63, 3.8) is 0 Å². The molecule has 0 aromatic heterocycles. The molecule has 2 bridgehead atoms. The van der Waals surface area contributed by atoms with Gasteiger partial charge in [0.15, 0.2) is 0 Å². The average Bonchev–Trinajstić information content (AvgIpc) is 2.42. The van der Waals surface area contributed by atoms with Crippen LogP contribution in [-0.2, 0) is 0 Å². The number of fused-ring (bicyclic) bond motifs is 2. The molecule has 100 valence electrons. The highest BCUT2D eigenvalue weighted by Gasteiger charge is 2.50. The summed E-state index contributed by atoms with van der Waals surface area (Å²) in [5.41, 5.74) is 3.19. The first-order valence-electron chi connectivity index (χ1n) is 7.44. The molecule has 1 saturated heterocycles. The number of benzene rings is 1. The molecule has 0 radical (unpaired) electrons. The summed E-state index contributed by atoms with van der Waals surface area (Å²) in [6.45, 7) is 11.4. The average molecular weight is 254 g/mol. The van der Waals surface area contributed by atoms with Gasteiger partial charge < -0.3 is 4.90 Å². The van der Waals surface area contributed by atoms with Crippen LogP contribution in [0.25, 0.3) is 0 Å². The van der Waals surface area contributed by atoms with Crippen LogP contribution in [0.4, 0.5) is 0 Å². The van der Waals surface area contributed by atoms with Gasteiger partial charge in [-0.2, -0.15) is 0 Å². The molecule has 1 aliphatic carbocycles. The van der Waals surface area contributed by atoms with Crippen molar-refractivity contribution in [1.82, 2.24) is 0 Å². The van der Waals surface area contributed by atoms with E-state index >= 15 is 0 Å². The van der Waals surface area contributed by atoms with E-state index in [0.717, 1.165) is 18.9 Å². The minimum atomic E-state index is 0.652. The molecular weight excluding hydrogens is 230 g/mol. The van der Waals surface area contributed by atoms with Crippen molar-refractivity contribution in [2.75, 3.05) is 6.54 Å². The predicted octanol–water partition coefficient (Wildman–Crippen LogP) is 2.88. The Bertz CT molecular complexity index is 490. The lowest BCUT2D eigenvalue weighted by molar-refractivity contribution is -0.961. The van der Waals surface area contributed by atoms with E-state index < -0.39 is 0 Å². The molecule has 0 saturated carbocycles. The van der Waals surface area contributed by atoms with E-state index in [1.54, 1.807) is 16.0 Å². The van der Waals surface area contributed by atoms with Crippen molar-refractivity contribution in [2.45, 2.75) is 37.8 Å². The van der Waals surface area contributed by atoms with Gasteiger partial charge in [0, 0.05) is 24.3 Å². The zero-order valence-electron chi connectivity index (χ0n) is 11.8. The van der Waals surface area contributed by atoms with Gasteiger partial charge in [0.25, 0.3) is 0 Å². The number of nitrogens with one attached hydrogen (secondary N) is 1. The number of hydrogen-bond donors (Lipinski definition) is 1. The van der Waals surface area contributed by atoms with Crippen LogP contribution in [0.3, 0.4) is 0 Å². The van der Waals surface area contributed by atoms with Crippen LogP contribution in [0.5, 0.6) is 0 Å². The van der Waals surface area contributed by atoms with Gasteiger partial charge in [0.1, 0.15) is 6.04 Å². The summed E-state index contributed by atoms with van der Waals surface area (Å²) < 4.78 is 0. The van der Waals surface area contributed by atoms with Crippen LogP contribution in [0.15, 0.2) is 49.6 Å². The Kier molecular flexibility index (Phi) is 3.32. The van der Waals surface area contributed by atoms with Crippen molar-refractivity contribution < 1.29 is 4.90 Å². The third-order valence-corrected chi connectivity index (χ3v) is 5.11. The number of quaternary nitrogens is 1. The van der Waals surface area contributed by atoms with Gasteiger partial charge in [-0.3, -0.25) is 0 Å². The third-order valence-electron chi connectivity index (χ3n) is 5.11. The quantitative estimate of drug-likeness (QED) is 0.788. The first-order valence-corrected chi connectivity index (χ1v) is 7.44. The monoisotopic (exact) mass is 254 g/mol. The molecule has 4 rings (SSSR count). The van der Waals surface area contributed by atoms with E-state index in [4.69, 9.17) is 0 Å². The smallest absolute Gasteiger partial charge is 0.114 e. The summed E-state index contributed by atoms with van der Waals surface area (Å²) in [4.78, 5) is 1.71. The van der Waals surface area contributed by atoms with Crippen LogP contribution in [0, 0.1) is 5.92 Å². The molecule has 1 N–H and O–H groups in total. The lowest BCUT2D eigenvalue weighted by Gasteiger charge is -2.51. The zero-order valence-corrected chi connectivity index (χ0v) is 11.8. The number of hydrogen-bond acceptors (Lipinski definition) is 0. The second-order valence-electron chi connectivity index (χ2n) is 6.12. The van der Waals surface area contributed by atoms with Gasteiger partial charge in [-0.25, -0.2) is 0 Å². The molecule has 0 spiro atoms. The van der Waals surface area contributed by atoms with Crippen molar-refractivity contribution in [2.24, 2.45) is 5.92 Å². The summed E-state index contributed by atoms with van der Waals surface area (Å²) in [6.07, 6.45) is 6.62. The molecule has 3 aliphatic rings. The van der Waals surface area contributed by atoms with E-state index in [0.29, 0.717) is 18.0 Å². The summed E-state index contributed by atoms with van der Waals surface area (Å²) >= 11 is 0. The molecule has 0 amide bonds. The molecule has 1 unspecified atom stereocenters. The highest BCUT2D eigenvalue weighted by Crippen LogP contribution is 2.46. The van der Waals surface area contributed by atoms with Gasteiger partial charge in [-0.15, -0.1) is 6.58 Å². The second kappa shape index (κ2) is 4.97. The predicted molar refractivity (Wildman–Crippen MR) is 80.3 cm³/mol. The number of rotatable bonds is 4. The topological polar surface area (TPSA) is 4.44 Å². The van der Waals surface area contributed by atoms with Crippen LogP contribution < -0.4 is 4.90 Å². The van der Waals surface area contributed by atoms with Gasteiger partial charge in [-0.05, 0) is 17.6 Å². The van der Waals surface area contributed by atoms with E-state index in [9.17, 15) is 0 Å². The minimum absolute atomic E-state index is 0.652. The molecular formula is C18H24N+. The van der Waals surface area contributed by atoms with Gasteiger partial charge in [0.2, 0.25) is 0 Å². The largest absolute Gasteiger partial charge is 0.322 e. The minimum Gasteiger partial charge on any atom is -0.322 e. The maximum atomic E-state index is 3.97. The SMILES string of the molecule is C=CC[C@H]1[C@H]2c3ccccc3[C@H](C[C@@H]2C)[NH+]1CC=C. The van der Waals surface area contributed by atoms with Crippen LogP contribution >= 0.6 is 0 Å². The fourth-order valence-electron chi connectivity index (χ4n) is 4.48. The van der Waals surface area contributed by atoms with Crippen LogP contribution in [-0.4, -0.2) is 12.6 Å². The molecule has 1 aromatic rings. The Hall–Kier alpha value is -1.34. The first-order chi connectivity index (χ1) is 9.27. The van der Waals surface area contributed by atoms with Crippen molar-refractivity contribution in [3.8, 4) is 0 Å². The molecule has 1 aromatic carbocycles. The molecule has 5 atom stereocenters. The summed E-state index contributed by atoms with van der Waals surface area (Å²) in [5, 5.41) is 0. The third kappa shape index (κ3) is 1.88. The lowest BCUT2D eigenvalue weighted by Crippen LogP contribution is -3.18. The normalized spacial score (nSPS) is 35.7. The highest BCUT2D eigenvalue weighted by atomic mass is 15.2. The summed E-state index contributed by atoms with van der Waals surface area (Å²) in [6, 6.07) is 10.4. The Labute approximate surface area is 116 Å². The molecule has 1 fully saturated rings. The maximum Gasteiger partial charge on any atom is 0.114 e. The fraction of sp³-hybridized carbons (Fsp3) is 0.444. The highest BCUT2D eigenvalue weighted by molar-refractivity contribution is 5.37. The van der Waals surface area contributed by atoms with Crippen LogP contribution in [0.1, 0.15) is 42.9 Å². The van der Waals surface area contributed by atoms with Gasteiger partial charge in [-0.1, -0.05) is 43.8 Å². The van der Waals surface area contributed by atoms with Crippen molar-refractivity contribution >= 4 is 0 Å².